The van der Waals surface area contributed by atoms with Crippen molar-refractivity contribution in [3.05, 3.63) is 72.2 Å². The van der Waals surface area contributed by atoms with E-state index in [-0.39, 0.29) is 11.9 Å². The first-order chi connectivity index (χ1) is 13.2. The lowest BCUT2D eigenvalue weighted by molar-refractivity contribution is 0.0631. The minimum absolute atomic E-state index is 0.00772. The van der Waals surface area contributed by atoms with Crippen LogP contribution in [-0.2, 0) is 6.54 Å². The van der Waals surface area contributed by atoms with Gasteiger partial charge in [-0.1, -0.05) is 24.3 Å². The van der Waals surface area contributed by atoms with Gasteiger partial charge >= 0.3 is 0 Å². The number of pyridine rings is 2. The van der Waals surface area contributed by atoms with Gasteiger partial charge in [0, 0.05) is 50.5 Å². The van der Waals surface area contributed by atoms with Crippen LogP contribution in [0.2, 0.25) is 0 Å². The fourth-order valence-electron chi connectivity index (χ4n) is 3.74. The van der Waals surface area contributed by atoms with Crippen LogP contribution in [0.3, 0.4) is 0 Å². The van der Waals surface area contributed by atoms with E-state index in [2.05, 4.69) is 27.0 Å². The summed E-state index contributed by atoms with van der Waals surface area (Å²) in [6, 6.07) is 16.1. The van der Waals surface area contributed by atoms with E-state index in [1.54, 1.807) is 0 Å². The number of hydrogen-bond donors (Lipinski definition) is 0. The lowest BCUT2D eigenvalue weighted by Crippen LogP contribution is -2.45. The minimum atomic E-state index is 0.00772. The Kier molecular flexibility index (Phi) is 5.12. The third kappa shape index (κ3) is 3.98. The number of rotatable bonds is 4. The maximum atomic E-state index is 12.9. The van der Waals surface area contributed by atoms with Gasteiger partial charge in [-0.15, -0.1) is 0 Å². The van der Waals surface area contributed by atoms with E-state index in [4.69, 9.17) is 0 Å². The van der Waals surface area contributed by atoms with Crippen molar-refractivity contribution in [2.45, 2.75) is 25.4 Å². The average Bonchev–Trinajstić information content (AvgIpc) is 2.73. The van der Waals surface area contributed by atoms with Crippen LogP contribution in [0.15, 0.2) is 60.9 Å². The van der Waals surface area contributed by atoms with Crippen LogP contribution in [0.4, 0.5) is 0 Å². The molecule has 1 amide bonds. The van der Waals surface area contributed by atoms with Crippen LogP contribution >= 0.6 is 0 Å². The lowest BCUT2D eigenvalue weighted by atomic mass is 10.0. The fourth-order valence-corrected chi connectivity index (χ4v) is 3.74. The van der Waals surface area contributed by atoms with Crippen LogP contribution in [-0.4, -0.2) is 51.9 Å². The number of amides is 1. The molecule has 1 fully saturated rings. The molecule has 3 heterocycles. The molecule has 5 nitrogen and oxygen atoms in total. The second kappa shape index (κ2) is 7.84. The molecule has 5 heteroatoms. The number of para-hydroxylation sites is 1. The number of carbonyl (C=O) groups is 1. The molecule has 3 aromatic rings. The normalized spacial score (nSPS) is 15.7. The Morgan fingerprint density at radius 3 is 2.59 bits per heavy atom. The average molecular weight is 360 g/mol. The van der Waals surface area contributed by atoms with Crippen LogP contribution in [0.25, 0.3) is 10.9 Å². The van der Waals surface area contributed by atoms with Crippen molar-refractivity contribution in [1.82, 2.24) is 19.8 Å². The third-order valence-corrected chi connectivity index (χ3v) is 5.40. The van der Waals surface area contributed by atoms with Gasteiger partial charge in [0.25, 0.3) is 5.91 Å². The molecule has 0 unspecified atom stereocenters. The summed E-state index contributed by atoms with van der Waals surface area (Å²) in [4.78, 5) is 25.8. The predicted octanol–water partition coefficient (Wildman–Crippen LogP) is 3.37. The number of piperidine rings is 1. The zero-order valence-corrected chi connectivity index (χ0v) is 15.6. The van der Waals surface area contributed by atoms with Crippen LogP contribution in [0.1, 0.15) is 28.9 Å². The summed E-state index contributed by atoms with van der Waals surface area (Å²) < 4.78 is 0. The maximum absolute atomic E-state index is 12.9. The Bertz CT molecular complexity index is 920. The molecule has 0 atom stereocenters. The molecule has 4 rings (SSSR count). The summed E-state index contributed by atoms with van der Waals surface area (Å²) in [5.74, 6) is 0.00772. The summed E-state index contributed by atoms with van der Waals surface area (Å²) in [6.45, 7) is 2.94. The Morgan fingerprint density at radius 2 is 1.81 bits per heavy atom. The highest BCUT2D eigenvalue weighted by atomic mass is 16.2. The highest BCUT2D eigenvalue weighted by Crippen LogP contribution is 2.20. The van der Waals surface area contributed by atoms with Gasteiger partial charge in [0.15, 0.2) is 0 Å². The quantitative estimate of drug-likeness (QED) is 0.716. The van der Waals surface area contributed by atoms with E-state index in [9.17, 15) is 4.79 Å². The van der Waals surface area contributed by atoms with Gasteiger partial charge in [-0.05, 0) is 42.7 Å². The van der Waals surface area contributed by atoms with Crippen molar-refractivity contribution in [2.24, 2.45) is 0 Å². The van der Waals surface area contributed by atoms with Gasteiger partial charge in [0.1, 0.15) is 5.69 Å². The molecule has 1 aliphatic rings. The molecule has 0 radical (unpaired) electrons. The SMILES string of the molecule is CN(C(=O)c1ccc2ccccc2n1)C1CCN(Cc2ccncc2)CC1. The van der Waals surface area contributed by atoms with Gasteiger partial charge in [-0.3, -0.25) is 14.7 Å². The highest BCUT2D eigenvalue weighted by Gasteiger charge is 2.26. The van der Waals surface area contributed by atoms with Gasteiger partial charge in [-0.25, -0.2) is 4.98 Å². The Morgan fingerprint density at radius 1 is 1.07 bits per heavy atom. The van der Waals surface area contributed by atoms with Crippen LogP contribution in [0.5, 0.6) is 0 Å². The monoisotopic (exact) mass is 360 g/mol. The number of nitrogens with zero attached hydrogens (tertiary/aromatic N) is 4. The van der Waals surface area contributed by atoms with Crippen LogP contribution in [0, 0.1) is 0 Å². The summed E-state index contributed by atoms with van der Waals surface area (Å²) >= 11 is 0. The van der Waals surface area contributed by atoms with E-state index in [0.29, 0.717) is 5.69 Å². The smallest absolute Gasteiger partial charge is 0.272 e. The number of carbonyl (C=O) groups excluding carboxylic acids is 1. The van der Waals surface area contributed by atoms with Gasteiger partial charge in [-0.2, -0.15) is 0 Å². The number of hydrogen-bond acceptors (Lipinski definition) is 4. The van der Waals surface area contributed by atoms with Gasteiger partial charge < -0.3 is 4.90 Å². The number of benzene rings is 1. The summed E-state index contributed by atoms with van der Waals surface area (Å²) in [5, 5.41) is 1.06. The lowest BCUT2D eigenvalue weighted by Gasteiger charge is -2.36. The molecule has 0 N–H and O–H groups in total. The molecular weight excluding hydrogens is 336 g/mol. The second-order valence-electron chi connectivity index (χ2n) is 7.17. The third-order valence-electron chi connectivity index (χ3n) is 5.40. The Hall–Kier alpha value is -2.79. The molecule has 0 saturated carbocycles. The molecule has 0 spiro atoms. The topological polar surface area (TPSA) is 49.3 Å². The molecule has 0 aliphatic carbocycles. The number of likely N-dealkylation sites (tertiary alicyclic amines) is 1. The van der Waals surface area contributed by atoms with E-state index >= 15 is 0 Å². The molecule has 2 aromatic heterocycles. The zero-order valence-electron chi connectivity index (χ0n) is 15.6. The standard InChI is InChI=1S/C22H24N4O/c1-25(22(27)21-7-6-18-4-2-3-5-20(18)24-21)19-10-14-26(15-11-19)16-17-8-12-23-13-9-17/h2-9,12-13,19H,10-11,14-16H2,1H3. The summed E-state index contributed by atoms with van der Waals surface area (Å²) in [6.07, 6.45) is 5.65. The van der Waals surface area contributed by atoms with Gasteiger partial charge in [0.05, 0.1) is 5.52 Å². The fraction of sp³-hybridized carbons (Fsp3) is 0.318. The van der Waals surface area contributed by atoms with Crippen molar-refractivity contribution in [2.75, 3.05) is 20.1 Å². The van der Waals surface area contributed by atoms with E-state index < -0.39 is 0 Å². The van der Waals surface area contributed by atoms with E-state index in [1.165, 1.54) is 5.56 Å². The maximum Gasteiger partial charge on any atom is 0.272 e. The van der Waals surface area contributed by atoms with Crippen molar-refractivity contribution >= 4 is 16.8 Å². The molecular formula is C22H24N4O. The summed E-state index contributed by atoms with van der Waals surface area (Å²) in [7, 11) is 1.91. The van der Waals surface area contributed by atoms with E-state index in [0.717, 1.165) is 43.4 Å². The van der Waals surface area contributed by atoms with Crippen molar-refractivity contribution in [3.8, 4) is 0 Å². The second-order valence-corrected chi connectivity index (χ2v) is 7.17. The first-order valence-corrected chi connectivity index (χ1v) is 9.45. The Labute approximate surface area is 159 Å². The highest BCUT2D eigenvalue weighted by molar-refractivity contribution is 5.94. The van der Waals surface area contributed by atoms with Crippen molar-refractivity contribution < 1.29 is 4.79 Å². The molecule has 0 bridgehead atoms. The molecule has 1 saturated heterocycles. The van der Waals surface area contributed by atoms with Crippen molar-refractivity contribution in [1.29, 1.82) is 0 Å². The first kappa shape index (κ1) is 17.6. The van der Waals surface area contributed by atoms with E-state index in [1.807, 2.05) is 60.7 Å². The molecule has 138 valence electrons. The van der Waals surface area contributed by atoms with Crippen molar-refractivity contribution in [3.63, 3.8) is 0 Å². The Balaban J connectivity index is 1.38. The predicted molar refractivity (Wildman–Crippen MR) is 106 cm³/mol. The number of aromatic nitrogens is 2. The zero-order chi connectivity index (χ0) is 18.6. The molecule has 27 heavy (non-hydrogen) atoms. The molecule has 1 aliphatic heterocycles. The number of fused-ring (bicyclic) bond motifs is 1. The summed E-state index contributed by atoms with van der Waals surface area (Å²) in [5.41, 5.74) is 2.67. The van der Waals surface area contributed by atoms with Crippen LogP contribution < -0.4 is 0 Å². The molecule has 1 aromatic carbocycles. The first-order valence-electron chi connectivity index (χ1n) is 9.45. The minimum Gasteiger partial charge on any atom is -0.337 e. The largest absolute Gasteiger partial charge is 0.337 e. The van der Waals surface area contributed by atoms with Gasteiger partial charge in [0.2, 0.25) is 0 Å².